The van der Waals surface area contributed by atoms with Crippen molar-refractivity contribution in [1.29, 1.82) is 0 Å². The first-order chi connectivity index (χ1) is 18.4. The van der Waals surface area contributed by atoms with E-state index in [0.717, 1.165) is 11.6 Å². The van der Waals surface area contributed by atoms with E-state index in [4.69, 9.17) is 10.5 Å². The van der Waals surface area contributed by atoms with E-state index in [2.05, 4.69) is 32.5 Å². The molecule has 0 saturated heterocycles. The molecule has 0 unspecified atom stereocenters. The number of nitrogens with two attached hydrogens (primary N) is 1. The van der Waals surface area contributed by atoms with Crippen LogP contribution in [-0.2, 0) is 16.1 Å². The number of fused-ring (bicyclic) bond motifs is 1. The number of anilines is 1. The van der Waals surface area contributed by atoms with Crippen molar-refractivity contribution in [2.24, 2.45) is 5.92 Å². The van der Waals surface area contributed by atoms with Gasteiger partial charge in [0.1, 0.15) is 35.2 Å². The average molecular weight is 514 g/mol. The highest BCUT2D eigenvalue weighted by Gasteiger charge is 2.27. The van der Waals surface area contributed by atoms with E-state index in [1.807, 2.05) is 18.2 Å². The Morgan fingerprint density at radius 3 is 2.61 bits per heavy atom. The maximum Gasteiger partial charge on any atom is 0.262 e. The van der Waals surface area contributed by atoms with Gasteiger partial charge in [0.2, 0.25) is 0 Å². The molecule has 4 N–H and O–H groups in total. The number of benzene rings is 2. The lowest BCUT2D eigenvalue weighted by Crippen LogP contribution is -2.40. The van der Waals surface area contributed by atoms with Gasteiger partial charge in [0.05, 0.1) is 5.39 Å². The molecule has 192 valence electrons. The minimum atomic E-state index is -0.517. The largest absolute Gasteiger partial charge is 0.457 e. The number of carbonyl (C=O) groups is 2. The number of hydrogen-bond acceptors (Lipinski definition) is 7. The van der Waals surface area contributed by atoms with Gasteiger partial charge in [-0.1, -0.05) is 30.4 Å². The quantitative estimate of drug-likeness (QED) is 0.253. The molecule has 1 aliphatic rings. The third-order valence-electron chi connectivity index (χ3n) is 6.10. The van der Waals surface area contributed by atoms with Gasteiger partial charge < -0.3 is 10.5 Å². The Kier molecular flexibility index (Phi) is 6.81. The Balaban J connectivity index is 1.34. The van der Waals surface area contributed by atoms with Crippen molar-refractivity contribution < 1.29 is 18.7 Å². The maximum atomic E-state index is 15.3. The third kappa shape index (κ3) is 5.21. The molecule has 5 rings (SSSR count). The number of amides is 2. The van der Waals surface area contributed by atoms with Crippen molar-refractivity contribution in [3.8, 4) is 22.8 Å². The van der Waals surface area contributed by atoms with Gasteiger partial charge in [-0.3, -0.25) is 20.4 Å². The molecule has 2 amide bonds. The van der Waals surface area contributed by atoms with Gasteiger partial charge in [-0.25, -0.2) is 19.0 Å². The molecule has 0 atom stereocenters. The zero-order valence-electron chi connectivity index (χ0n) is 20.2. The number of hydrogen-bond donors (Lipinski definition) is 3. The van der Waals surface area contributed by atoms with Gasteiger partial charge in [0, 0.05) is 24.3 Å². The van der Waals surface area contributed by atoms with E-state index in [0.29, 0.717) is 47.6 Å². The second-order valence-corrected chi connectivity index (χ2v) is 8.80. The van der Waals surface area contributed by atoms with Crippen molar-refractivity contribution in [3.05, 3.63) is 85.0 Å². The Labute approximate surface area is 217 Å². The summed E-state index contributed by atoms with van der Waals surface area (Å²) in [5.74, 6) is -0.0937. The number of ether oxygens (including phenoxy) is 1. The first kappa shape index (κ1) is 24.6. The van der Waals surface area contributed by atoms with E-state index in [1.54, 1.807) is 28.9 Å². The van der Waals surface area contributed by atoms with Crippen LogP contribution in [0.1, 0.15) is 12.8 Å². The van der Waals surface area contributed by atoms with Crippen LogP contribution in [0, 0.1) is 11.7 Å². The minimum Gasteiger partial charge on any atom is -0.457 e. The van der Waals surface area contributed by atoms with Crippen LogP contribution in [0.3, 0.4) is 0 Å². The highest BCUT2D eigenvalue weighted by Crippen LogP contribution is 2.37. The van der Waals surface area contributed by atoms with E-state index in [1.165, 1.54) is 18.5 Å². The maximum absolute atomic E-state index is 15.3. The molecule has 0 spiro atoms. The Bertz CT molecular complexity index is 1560. The number of hydrazine groups is 1. The predicted octanol–water partition coefficient (Wildman–Crippen LogP) is 3.68. The molecule has 0 radical (unpaired) electrons. The fourth-order valence-corrected chi connectivity index (χ4v) is 4.29. The number of halogens is 1. The van der Waals surface area contributed by atoms with E-state index >= 15 is 4.39 Å². The van der Waals surface area contributed by atoms with Gasteiger partial charge in [-0.05, 0) is 49.1 Å². The monoisotopic (exact) mass is 513 g/mol. The highest BCUT2D eigenvalue weighted by molar-refractivity contribution is 5.98. The summed E-state index contributed by atoms with van der Waals surface area (Å²) in [6.07, 6.45) is 5.20. The van der Waals surface area contributed by atoms with Crippen LogP contribution in [0.4, 0.5) is 10.2 Å². The second kappa shape index (κ2) is 10.5. The molecule has 1 saturated carbocycles. The van der Waals surface area contributed by atoms with E-state index in [-0.39, 0.29) is 17.3 Å². The van der Waals surface area contributed by atoms with Crippen LogP contribution < -0.4 is 21.3 Å². The van der Waals surface area contributed by atoms with Crippen LogP contribution in [0.5, 0.6) is 11.5 Å². The first-order valence-electron chi connectivity index (χ1n) is 11.8. The van der Waals surface area contributed by atoms with Crippen molar-refractivity contribution in [3.63, 3.8) is 0 Å². The number of para-hydroxylation sites is 1. The molecule has 1 fully saturated rings. The van der Waals surface area contributed by atoms with Crippen LogP contribution >= 0.6 is 0 Å². The molecular weight excluding hydrogens is 489 g/mol. The van der Waals surface area contributed by atoms with Crippen molar-refractivity contribution in [2.45, 2.75) is 19.4 Å². The fourth-order valence-electron chi connectivity index (χ4n) is 4.29. The third-order valence-corrected chi connectivity index (χ3v) is 6.10. The number of nitrogens with one attached hydrogen (secondary N) is 2. The van der Waals surface area contributed by atoms with E-state index in [9.17, 15) is 9.59 Å². The molecule has 0 aliphatic heterocycles. The number of nitrogens with zero attached hydrogens (tertiary/aromatic N) is 4. The molecule has 38 heavy (non-hydrogen) atoms. The molecule has 2 heterocycles. The van der Waals surface area contributed by atoms with Gasteiger partial charge in [0.15, 0.2) is 5.65 Å². The molecule has 10 nitrogen and oxygen atoms in total. The van der Waals surface area contributed by atoms with Gasteiger partial charge in [-0.15, -0.1) is 0 Å². The molecule has 2 aromatic carbocycles. The molecule has 4 aromatic rings. The van der Waals surface area contributed by atoms with Gasteiger partial charge in [0.25, 0.3) is 11.8 Å². The summed E-state index contributed by atoms with van der Waals surface area (Å²) in [7, 11) is 0. The van der Waals surface area contributed by atoms with Crippen molar-refractivity contribution in [1.82, 2.24) is 30.6 Å². The summed E-state index contributed by atoms with van der Waals surface area (Å²) in [6, 6.07) is 13.7. The summed E-state index contributed by atoms with van der Waals surface area (Å²) < 4.78 is 22.7. The van der Waals surface area contributed by atoms with Crippen LogP contribution in [-0.4, -0.2) is 31.6 Å². The molecular formula is C27H24FN7O3. The van der Waals surface area contributed by atoms with Crippen molar-refractivity contribution >= 4 is 28.7 Å². The summed E-state index contributed by atoms with van der Waals surface area (Å²) >= 11 is 0. The Morgan fingerprint density at radius 1 is 1.11 bits per heavy atom. The smallest absolute Gasteiger partial charge is 0.262 e. The second-order valence-electron chi connectivity index (χ2n) is 8.80. The normalized spacial score (nSPS) is 14.4. The predicted molar refractivity (Wildman–Crippen MR) is 139 cm³/mol. The van der Waals surface area contributed by atoms with Crippen molar-refractivity contribution in [2.75, 3.05) is 5.73 Å². The average Bonchev–Trinajstić information content (AvgIpc) is 3.26. The summed E-state index contributed by atoms with van der Waals surface area (Å²) in [6.45, 7) is 3.81. The number of carbonyl (C=O) groups excluding carboxylic acids is 2. The number of aromatic nitrogens is 4. The Hall–Kier alpha value is -5.06. The highest BCUT2D eigenvalue weighted by atomic mass is 19.1. The molecule has 11 heteroatoms. The van der Waals surface area contributed by atoms with Crippen LogP contribution in [0.2, 0.25) is 0 Å². The summed E-state index contributed by atoms with van der Waals surface area (Å²) in [5, 5.41) is 5.13. The fraction of sp³-hybridized carbons (Fsp3) is 0.148. The van der Waals surface area contributed by atoms with E-state index < -0.39 is 17.6 Å². The first-order valence-corrected chi connectivity index (χ1v) is 11.8. The SMILES string of the molecule is C=CC(=O)NNC(=O)C=C1CC(Cn2nc(-c3ccc(Oc4ccccc4)cc3F)c3c(N)ncnc32)C1. The standard InChI is InChI=1S/C27H24FN7O3/c1-2-22(36)32-33-23(37)12-16-10-17(11-16)14-35-27-24(26(29)30-15-31-27)25(34-35)20-9-8-19(13-21(20)28)38-18-6-4-3-5-7-18/h2-9,12-13,15,17H,1,10-11,14H2,(H,32,36)(H,33,37)(H2,29,30,31). The number of rotatable bonds is 7. The van der Waals surface area contributed by atoms with Crippen LogP contribution in [0.15, 0.2) is 79.2 Å². The lowest BCUT2D eigenvalue weighted by atomic mass is 9.80. The lowest BCUT2D eigenvalue weighted by Gasteiger charge is -2.29. The van der Waals surface area contributed by atoms with Crippen LogP contribution in [0.25, 0.3) is 22.3 Å². The number of nitrogen functional groups attached to an aromatic ring is 1. The lowest BCUT2D eigenvalue weighted by molar-refractivity contribution is -0.123. The van der Waals surface area contributed by atoms with Gasteiger partial charge in [-0.2, -0.15) is 5.10 Å². The zero-order chi connectivity index (χ0) is 26.6. The molecule has 0 bridgehead atoms. The summed E-state index contributed by atoms with van der Waals surface area (Å²) in [5.41, 5.74) is 12.7. The zero-order valence-corrected chi connectivity index (χ0v) is 20.2. The Morgan fingerprint density at radius 2 is 1.87 bits per heavy atom. The molecule has 2 aromatic heterocycles. The van der Waals surface area contributed by atoms with Gasteiger partial charge >= 0.3 is 0 Å². The minimum absolute atomic E-state index is 0.190. The topological polar surface area (TPSA) is 137 Å². The molecule has 1 aliphatic carbocycles. The summed E-state index contributed by atoms with van der Waals surface area (Å²) in [4.78, 5) is 31.5. The number of allylic oxidation sites excluding steroid dienone is 1.